The van der Waals surface area contributed by atoms with Crippen LogP contribution in [0.15, 0.2) is 18.2 Å². The summed E-state index contributed by atoms with van der Waals surface area (Å²) < 4.78 is 10.5. The van der Waals surface area contributed by atoms with Gasteiger partial charge < -0.3 is 20.3 Å². The van der Waals surface area contributed by atoms with Crippen LogP contribution in [0.3, 0.4) is 0 Å². The van der Waals surface area contributed by atoms with E-state index >= 15 is 0 Å². The minimum atomic E-state index is -0.255. The van der Waals surface area contributed by atoms with Crippen LogP contribution in [0.1, 0.15) is 24.9 Å². The summed E-state index contributed by atoms with van der Waals surface area (Å²) in [5.41, 5.74) is 7.03. The summed E-state index contributed by atoms with van der Waals surface area (Å²) in [5, 5.41) is 9.30. The zero-order valence-corrected chi connectivity index (χ0v) is 10.6. The molecule has 0 aromatic heterocycles. The van der Waals surface area contributed by atoms with Crippen LogP contribution in [0.2, 0.25) is 0 Å². The lowest BCUT2D eigenvalue weighted by Gasteiger charge is -2.23. The molecule has 2 atom stereocenters. The molecule has 0 spiro atoms. The fraction of sp³-hybridized carbons (Fsp3) is 0.538. The zero-order chi connectivity index (χ0) is 12.8. The summed E-state index contributed by atoms with van der Waals surface area (Å²) in [6.07, 6.45) is 0.817. The predicted molar refractivity (Wildman–Crippen MR) is 67.3 cm³/mol. The molecule has 0 saturated heterocycles. The quantitative estimate of drug-likeness (QED) is 0.793. The van der Waals surface area contributed by atoms with E-state index in [-0.39, 0.29) is 18.6 Å². The maximum atomic E-state index is 9.30. The van der Waals surface area contributed by atoms with Crippen LogP contribution >= 0.6 is 0 Å². The van der Waals surface area contributed by atoms with Gasteiger partial charge in [-0.05, 0) is 24.6 Å². The van der Waals surface area contributed by atoms with Crippen molar-refractivity contribution in [3.63, 3.8) is 0 Å². The fourth-order valence-electron chi connectivity index (χ4n) is 1.85. The highest BCUT2D eigenvalue weighted by atomic mass is 16.5. The third kappa shape index (κ3) is 3.11. The Balaban J connectivity index is 3.08. The lowest BCUT2D eigenvalue weighted by atomic mass is 9.91. The number of hydrogen-bond donors (Lipinski definition) is 2. The van der Waals surface area contributed by atoms with Crippen LogP contribution in [-0.4, -0.2) is 25.9 Å². The minimum Gasteiger partial charge on any atom is -0.497 e. The van der Waals surface area contributed by atoms with Gasteiger partial charge >= 0.3 is 0 Å². The molecular formula is C13H21NO3. The van der Waals surface area contributed by atoms with Crippen molar-refractivity contribution in [1.82, 2.24) is 0 Å². The molecule has 1 aromatic carbocycles. The molecule has 1 aromatic rings. The Kier molecular flexibility index (Phi) is 5.25. The molecule has 0 bridgehead atoms. The van der Waals surface area contributed by atoms with E-state index in [1.807, 2.05) is 25.1 Å². The first-order chi connectivity index (χ1) is 8.17. The summed E-state index contributed by atoms with van der Waals surface area (Å²) in [6, 6.07) is 5.27. The number of benzene rings is 1. The normalized spacial score (nSPS) is 14.2. The number of ether oxygens (including phenoxy) is 2. The maximum absolute atomic E-state index is 9.30. The third-order valence-electron chi connectivity index (χ3n) is 3.06. The molecule has 0 radical (unpaired) electrons. The molecule has 0 fully saturated rings. The van der Waals surface area contributed by atoms with Gasteiger partial charge in [-0.3, -0.25) is 0 Å². The summed E-state index contributed by atoms with van der Waals surface area (Å²) in [7, 11) is 3.22. The van der Waals surface area contributed by atoms with Crippen molar-refractivity contribution in [2.75, 3.05) is 20.8 Å². The van der Waals surface area contributed by atoms with Gasteiger partial charge in [0.1, 0.15) is 11.5 Å². The first-order valence-electron chi connectivity index (χ1n) is 5.76. The van der Waals surface area contributed by atoms with Crippen LogP contribution in [0.25, 0.3) is 0 Å². The molecule has 4 nitrogen and oxygen atoms in total. The van der Waals surface area contributed by atoms with Crippen molar-refractivity contribution in [2.24, 2.45) is 11.7 Å². The molecule has 17 heavy (non-hydrogen) atoms. The summed E-state index contributed by atoms with van der Waals surface area (Å²) in [6.45, 7) is 2.07. The topological polar surface area (TPSA) is 64.7 Å². The molecule has 4 heteroatoms. The molecule has 0 aliphatic carbocycles. The van der Waals surface area contributed by atoms with Crippen LogP contribution in [0.4, 0.5) is 0 Å². The Morgan fingerprint density at radius 2 is 2.00 bits per heavy atom. The molecule has 1 rings (SSSR count). The smallest absolute Gasteiger partial charge is 0.123 e. The van der Waals surface area contributed by atoms with E-state index in [0.717, 1.165) is 23.5 Å². The van der Waals surface area contributed by atoms with Crippen molar-refractivity contribution in [1.29, 1.82) is 0 Å². The highest BCUT2D eigenvalue weighted by Gasteiger charge is 2.21. The molecule has 96 valence electrons. The van der Waals surface area contributed by atoms with Crippen molar-refractivity contribution in [2.45, 2.75) is 19.4 Å². The van der Waals surface area contributed by atoms with E-state index in [9.17, 15) is 5.11 Å². The predicted octanol–water partition coefficient (Wildman–Crippen LogP) is 1.72. The van der Waals surface area contributed by atoms with E-state index in [1.54, 1.807) is 14.2 Å². The Hall–Kier alpha value is -1.26. The van der Waals surface area contributed by atoms with E-state index in [4.69, 9.17) is 15.2 Å². The maximum Gasteiger partial charge on any atom is 0.123 e. The van der Waals surface area contributed by atoms with Crippen molar-refractivity contribution >= 4 is 0 Å². The largest absolute Gasteiger partial charge is 0.497 e. The van der Waals surface area contributed by atoms with Gasteiger partial charge in [0.05, 0.1) is 14.2 Å². The van der Waals surface area contributed by atoms with Gasteiger partial charge in [0, 0.05) is 24.1 Å². The number of nitrogens with two attached hydrogens (primary N) is 1. The Morgan fingerprint density at radius 1 is 1.29 bits per heavy atom. The van der Waals surface area contributed by atoms with Crippen LogP contribution in [-0.2, 0) is 0 Å². The number of aliphatic hydroxyl groups is 1. The van der Waals surface area contributed by atoms with E-state index < -0.39 is 0 Å². The second kappa shape index (κ2) is 6.47. The monoisotopic (exact) mass is 239 g/mol. The Bertz CT molecular complexity index is 351. The van der Waals surface area contributed by atoms with Gasteiger partial charge in [-0.25, -0.2) is 0 Å². The SMILES string of the molecule is CCC(CO)C(N)c1cc(OC)ccc1OC. The third-order valence-corrected chi connectivity index (χ3v) is 3.06. The molecule has 0 aliphatic heterocycles. The number of rotatable bonds is 6. The van der Waals surface area contributed by atoms with Crippen LogP contribution < -0.4 is 15.2 Å². The number of aliphatic hydroxyl groups excluding tert-OH is 1. The van der Waals surface area contributed by atoms with Gasteiger partial charge in [0.2, 0.25) is 0 Å². The van der Waals surface area contributed by atoms with Crippen molar-refractivity contribution in [3.05, 3.63) is 23.8 Å². The van der Waals surface area contributed by atoms with Gasteiger partial charge in [-0.15, -0.1) is 0 Å². The highest BCUT2D eigenvalue weighted by molar-refractivity contribution is 5.42. The standard InChI is InChI=1S/C13H21NO3/c1-4-9(8-15)13(14)11-7-10(16-2)5-6-12(11)17-3/h5-7,9,13,15H,4,8,14H2,1-3H3. The molecule has 0 saturated carbocycles. The number of hydrogen-bond acceptors (Lipinski definition) is 4. The molecule has 0 aliphatic rings. The van der Waals surface area contributed by atoms with Gasteiger partial charge in [0.25, 0.3) is 0 Å². The second-order valence-electron chi connectivity index (χ2n) is 3.98. The average Bonchev–Trinajstić information content (AvgIpc) is 2.39. The highest BCUT2D eigenvalue weighted by Crippen LogP contribution is 2.32. The Morgan fingerprint density at radius 3 is 2.47 bits per heavy atom. The van der Waals surface area contributed by atoms with Crippen molar-refractivity contribution < 1.29 is 14.6 Å². The van der Waals surface area contributed by atoms with E-state index in [1.165, 1.54) is 0 Å². The van der Waals surface area contributed by atoms with Gasteiger partial charge in [0.15, 0.2) is 0 Å². The summed E-state index contributed by atoms with van der Waals surface area (Å²) in [5.74, 6) is 1.49. The molecule has 0 amide bonds. The Labute approximate surface area is 102 Å². The van der Waals surface area contributed by atoms with E-state index in [0.29, 0.717) is 0 Å². The molecule has 3 N–H and O–H groups in total. The zero-order valence-electron chi connectivity index (χ0n) is 10.6. The van der Waals surface area contributed by atoms with Gasteiger partial charge in [-0.2, -0.15) is 0 Å². The van der Waals surface area contributed by atoms with E-state index in [2.05, 4.69) is 0 Å². The van der Waals surface area contributed by atoms with Crippen molar-refractivity contribution in [3.8, 4) is 11.5 Å². The summed E-state index contributed by atoms with van der Waals surface area (Å²) >= 11 is 0. The lowest BCUT2D eigenvalue weighted by Crippen LogP contribution is -2.24. The van der Waals surface area contributed by atoms with Crippen LogP contribution in [0, 0.1) is 5.92 Å². The van der Waals surface area contributed by atoms with Crippen LogP contribution in [0.5, 0.6) is 11.5 Å². The lowest BCUT2D eigenvalue weighted by molar-refractivity contribution is 0.199. The molecular weight excluding hydrogens is 218 g/mol. The molecule has 2 unspecified atom stereocenters. The second-order valence-corrected chi connectivity index (χ2v) is 3.98. The molecule has 0 heterocycles. The van der Waals surface area contributed by atoms with Gasteiger partial charge in [-0.1, -0.05) is 6.92 Å². The first kappa shape index (κ1) is 13.8. The average molecular weight is 239 g/mol. The number of methoxy groups -OCH3 is 2. The minimum absolute atomic E-state index is 0.0241. The fourth-order valence-corrected chi connectivity index (χ4v) is 1.85. The first-order valence-corrected chi connectivity index (χ1v) is 5.76. The summed E-state index contributed by atoms with van der Waals surface area (Å²) in [4.78, 5) is 0.